The summed E-state index contributed by atoms with van der Waals surface area (Å²) in [5.74, 6) is 0.941. The lowest BCUT2D eigenvalue weighted by molar-refractivity contribution is 0.361. The van der Waals surface area contributed by atoms with Crippen molar-refractivity contribution in [3.8, 4) is 0 Å². The normalized spacial score (nSPS) is 10.6. The molecule has 0 aliphatic carbocycles. The van der Waals surface area contributed by atoms with Gasteiger partial charge >= 0.3 is 0 Å². The zero-order valence-electron chi connectivity index (χ0n) is 7.71. The average molecular weight is 194 g/mol. The van der Waals surface area contributed by atoms with E-state index in [-0.39, 0.29) is 0 Å². The third-order valence-corrected chi connectivity index (χ3v) is 1.89. The lowest BCUT2D eigenvalue weighted by atomic mass is 10.3. The first-order valence-corrected chi connectivity index (χ1v) is 4.24. The summed E-state index contributed by atoms with van der Waals surface area (Å²) in [7, 11) is 0. The van der Waals surface area contributed by atoms with Gasteiger partial charge in [-0.2, -0.15) is 4.98 Å². The summed E-state index contributed by atoms with van der Waals surface area (Å²) in [6.45, 7) is 2.40. The molecule has 74 valence electrons. The number of nitrogen functional groups attached to an aromatic ring is 1. The predicted molar refractivity (Wildman–Crippen MR) is 47.2 cm³/mol. The molecule has 2 aromatic rings. The van der Waals surface area contributed by atoms with Gasteiger partial charge in [0.2, 0.25) is 5.89 Å². The summed E-state index contributed by atoms with van der Waals surface area (Å²) < 4.78 is 6.51. The fourth-order valence-corrected chi connectivity index (χ4v) is 1.23. The van der Waals surface area contributed by atoms with Crippen molar-refractivity contribution >= 4 is 5.82 Å². The lowest BCUT2D eigenvalue weighted by Gasteiger charge is -2.00. The molecule has 2 N–H and O–H groups in total. The number of rotatable bonds is 3. The van der Waals surface area contributed by atoms with Crippen LogP contribution >= 0.6 is 0 Å². The molecule has 0 atom stereocenters. The van der Waals surface area contributed by atoms with Crippen molar-refractivity contribution in [3.05, 3.63) is 17.9 Å². The fourth-order valence-electron chi connectivity index (χ4n) is 1.23. The minimum atomic E-state index is 0.410. The number of nitrogens with two attached hydrogens (primary N) is 1. The van der Waals surface area contributed by atoms with Crippen LogP contribution in [0.5, 0.6) is 0 Å². The molecule has 14 heavy (non-hydrogen) atoms. The Morgan fingerprint density at radius 3 is 3.07 bits per heavy atom. The molecule has 7 heteroatoms. The van der Waals surface area contributed by atoms with Gasteiger partial charge in [0.1, 0.15) is 6.54 Å². The minimum absolute atomic E-state index is 0.410. The number of aromatic nitrogens is 5. The fraction of sp³-hybridized carbons (Fsp3) is 0.429. The van der Waals surface area contributed by atoms with E-state index in [2.05, 4.69) is 20.5 Å². The van der Waals surface area contributed by atoms with E-state index in [0.717, 1.165) is 12.1 Å². The van der Waals surface area contributed by atoms with Crippen LogP contribution in [0.4, 0.5) is 5.82 Å². The van der Waals surface area contributed by atoms with Crippen molar-refractivity contribution in [3.63, 3.8) is 0 Å². The Balaban J connectivity index is 2.25. The first kappa shape index (κ1) is 8.67. The van der Waals surface area contributed by atoms with Crippen LogP contribution < -0.4 is 5.73 Å². The summed E-state index contributed by atoms with van der Waals surface area (Å²) in [5.41, 5.74) is 6.50. The highest BCUT2D eigenvalue weighted by Crippen LogP contribution is 2.09. The maximum Gasteiger partial charge on any atom is 0.248 e. The molecule has 0 spiro atoms. The number of hydrogen-bond donors (Lipinski definition) is 1. The van der Waals surface area contributed by atoms with Gasteiger partial charge in [-0.3, -0.25) is 0 Å². The van der Waals surface area contributed by atoms with E-state index in [4.69, 9.17) is 10.3 Å². The molecule has 2 rings (SSSR count). The quantitative estimate of drug-likeness (QED) is 0.730. The number of nitrogens with zero attached hydrogens (tertiary/aromatic N) is 5. The van der Waals surface area contributed by atoms with E-state index in [1.54, 1.807) is 4.68 Å². The molecule has 0 aliphatic heterocycles. The maximum atomic E-state index is 5.62. The van der Waals surface area contributed by atoms with Crippen molar-refractivity contribution in [1.82, 2.24) is 25.1 Å². The highest BCUT2D eigenvalue weighted by atomic mass is 16.5. The SMILES string of the molecule is CCc1c(N)nnn1Cc1ncno1. The summed E-state index contributed by atoms with van der Waals surface area (Å²) >= 11 is 0. The molecule has 0 amide bonds. The van der Waals surface area contributed by atoms with Gasteiger partial charge in [-0.25, -0.2) is 4.68 Å². The van der Waals surface area contributed by atoms with E-state index in [1.807, 2.05) is 6.92 Å². The van der Waals surface area contributed by atoms with Gasteiger partial charge in [-0.1, -0.05) is 17.3 Å². The molecule has 0 saturated heterocycles. The van der Waals surface area contributed by atoms with Gasteiger partial charge in [0.05, 0.1) is 5.69 Å². The molecule has 0 bridgehead atoms. The third kappa shape index (κ3) is 1.43. The third-order valence-electron chi connectivity index (χ3n) is 1.89. The second-order valence-electron chi connectivity index (χ2n) is 2.77. The summed E-state index contributed by atoms with van der Waals surface area (Å²) in [5, 5.41) is 11.1. The number of hydrogen-bond acceptors (Lipinski definition) is 6. The second-order valence-corrected chi connectivity index (χ2v) is 2.77. The molecule has 0 aromatic carbocycles. The zero-order valence-corrected chi connectivity index (χ0v) is 7.71. The smallest absolute Gasteiger partial charge is 0.248 e. The van der Waals surface area contributed by atoms with Crippen molar-refractivity contribution in [2.45, 2.75) is 19.9 Å². The van der Waals surface area contributed by atoms with E-state index >= 15 is 0 Å². The number of anilines is 1. The van der Waals surface area contributed by atoms with Crippen LogP contribution in [0.25, 0.3) is 0 Å². The summed E-state index contributed by atoms with van der Waals surface area (Å²) in [6, 6.07) is 0. The van der Waals surface area contributed by atoms with Crippen molar-refractivity contribution in [1.29, 1.82) is 0 Å². The van der Waals surface area contributed by atoms with E-state index < -0.39 is 0 Å². The minimum Gasteiger partial charge on any atom is -0.381 e. The molecule has 0 saturated carbocycles. The Kier molecular flexibility index (Phi) is 2.13. The monoisotopic (exact) mass is 194 g/mol. The Hall–Kier alpha value is -1.92. The molecule has 2 aromatic heterocycles. The Morgan fingerprint density at radius 1 is 1.57 bits per heavy atom. The van der Waals surface area contributed by atoms with Crippen molar-refractivity contribution in [2.75, 3.05) is 5.73 Å². The standard InChI is InChI=1S/C7H10N6O/c1-2-5-7(8)11-12-13(5)3-6-9-4-10-14-6/h4H,2-3,8H2,1H3. The molecule has 0 radical (unpaired) electrons. The summed E-state index contributed by atoms with van der Waals surface area (Å²) in [6.07, 6.45) is 2.12. The van der Waals surface area contributed by atoms with E-state index in [1.165, 1.54) is 6.33 Å². The molecule has 0 aliphatic rings. The van der Waals surface area contributed by atoms with Crippen LogP contribution in [0.15, 0.2) is 10.9 Å². The van der Waals surface area contributed by atoms with Crippen LogP contribution in [0.3, 0.4) is 0 Å². The molecule has 2 heterocycles. The van der Waals surface area contributed by atoms with Crippen LogP contribution in [0.2, 0.25) is 0 Å². The summed E-state index contributed by atoms with van der Waals surface area (Å²) in [4.78, 5) is 3.89. The maximum absolute atomic E-state index is 5.62. The van der Waals surface area contributed by atoms with Crippen molar-refractivity contribution < 1.29 is 4.52 Å². The Labute approximate surface area is 79.9 Å². The predicted octanol–water partition coefficient (Wildman–Crippen LogP) is -0.146. The van der Waals surface area contributed by atoms with Crippen LogP contribution in [0, 0.1) is 0 Å². The second kappa shape index (κ2) is 3.44. The molecule has 0 unspecified atom stereocenters. The van der Waals surface area contributed by atoms with Gasteiger partial charge in [0.25, 0.3) is 0 Å². The largest absolute Gasteiger partial charge is 0.381 e. The van der Waals surface area contributed by atoms with Gasteiger partial charge in [-0.05, 0) is 6.42 Å². The average Bonchev–Trinajstić information content (AvgIpc) is 2.77. The first-order valence-electron chi connectivity index (χ1n) is 4.24. The lowest BCUT2D eigenvalue weighted by Crippen LogP contribution is -2.06. The van der Waals surface area contributed by atoms with E-state index in [0.29, 0.717) is 18.3 Å². The molecular formula is C7H10N6O. The zero-order chi connectivity index (χ0) is 9.97. The molecular weight excluding hydrogens is 184 g/mol. The topological polar surface area (TPSA) is 95.7 Å². The van der Waals surface area contributed by atoms with Crippen molar-refractivity contribution in [2.24, 2.45) is 0 Å². The Bertz CT molecular complexity index is 406. The van der Waals surface area contributed by atoms with Gasteiger partial charge in [0, 0.05) is 0 Å². The van der Waals surface area contributed by atoms with Gasteiger partial charge < -0.3 is 10.3 Å². The molecule has 7 nitrogen and oxygen atoms in total. The first-order chi connectivity index (χ1) is 6.81. The van der Waals surface area contributed by atoms with E-state index in [9.17, 15) is 0 Å². The van der Waals surface area contributed by atoms with Crippen LogP contribution in [-0.4, -0.2) is 25.1 Å². The van der Waals surface area contributed by atoms with Gasteiger partial charge in [-0.15, -0.1) is 5.10 Å². The highest BCUT2D eigenvalue weighted by Gasteiger charge is 2.10. The van der Waals surface area contributed by atoms with Crippen LogP contribution in [0.1, 0.15) is 18.5 Å². The van der Waals surface area contributed by atoms with Crippen LogP contribution in [-0.2, 0) is 13.0 Å². The highest BCUT2D eigenvalue weighted by molar-refractivity contribution is 5.32. The Morgan fingerprint density at radius 2 is 2.43 bits per heavy atom. The molecule has 0 fully saturated rings. The van der Waals surface area contributed by atoms with Gasteiger partial charge in [0.15, 0.2) is 12.1 Å².